The Labute approximate surface area is 145 Å². The first-order chi connectivity index (χ1) is 11.6. The number of hydrogen-bond acceptors (Lipinski definition) is 3. The third kappa shape index (κ3) is 7.85. The molecule has 1 aromatic carbocycles. The minimum Gasteiger partial charge on any atom is -0.497 e. The number of methoxy groups -OCH3 is 1. The van der Waals surface area contributed by atoms with E-state index in [9.17, 15) is 4.79 Å². The molecule has 0 aliphatic heterocycles. The predicted molar refractivity (Wildman–Crippen MR) is 98.8 cm³/mol. The molecule has 1 rings (SSSR count). The van der Waals surface area contributed by atoms with Crippen molar-refractivity contribution in [3.05, 3.63) is 29.8 Å². The Morgan fingerprint density at radius 1 is 1.17 bits per heavy atom. The molecule has 0 atom stereocenters. The van der Waals surface area contributed by atoms with E-state index in [0.29, 0.717) is 30.3 Å². The van der Waals surface area contributed by atoms with Crippen molar-refractivity contribution in [2.24, 2.45) is 10.9 Å². The summed E-state index contributed by atoms with van der Waals surface area (Å²) in [6.07, 6.45) is 2.31. The number of guanidine groups is 1. The zero-order valence-electron chi connectivity index (χ0n) is 15.2. The van der Waals surface area contributed by atoms with Crippen molar-refractivity contribution in [2.45, 2.75) is 26.7 Å². The third-order valence-corrected chi connectivity index (χ3v) is 3.51. The molecule has 1 aromatic rings. The van der Waals surface area contributed by atoms with E-state index in [0.717, 1.165) is 18.9 Å². The SMILES string of the molecule is CN=C(NCCCC(C)C)NCCNC(=O)c1cccc(OC)c1. The Hall–Kier alpha value is -2.24. The molecule has 0 aromatic heterocycles. The van der Waals surface area contributed by atoms with Crippen LogP contribution in [0.3, 0.4) is 0 Å². The van der Waals surface area contributed by atoms with Gasteiger partial charge in [-0.05, 0) is 37.0 Å². The van der Waals surface area contributed by atoms with Crippen LogP contribution in [-0.2, 0) is 0 Å². The topological polar surface area (TPSA) is 74.8 Å². The summed E-state index contributed by atoms with van der Waals surface area (Å²) >= 11 is 0. The van der Waals surface area contributed by atoms with E-state index in [1.807, 2.05) is 6.07 Å². The maximum Gasteiger partial charge on any atom is 0.251 e. The number of rotatable bonds is 9. The van der Waals surface area contributed by atoms with Crippen LogP contribution < -0.4 is 20.7 Å². The van der Waals surface area contributed by atoms with Crippen LogP contribution in [-0.4, -0.2) is 45.7 Å². The van der Waals surface area contributed by atoms with E-state index in [4.69, 9.17) is 4.74 Å². The van der Waals surface area contributed by atoms with Crippen LogP contribution in [0.4, 0.5) is 0 Å². The Kier molecular flexibility index (Phi) is 9.34. The molecule has 0 fully saturated rings. The smallest absolute Gasteiger partial charge is 0.251 e. The first kappa shape index (κ1) is 19.8. The summed E-state index contributed by atoms with van der Waals surface area (Å²) in [4.78, 5) is 16.2. The van der Waals surface area contributed by atoms with E-state index in [1.54, 1.807) is 32.4 Å². The number of nitrogens with zero attached hydrogens (tertiary/aromatic N) is 1. The molecule has 0 radical (unpaired) electrons. The number of carbonyl (C=O) groups excluding carboxylic acids is 1. The molecule has 0 bridgehead atoms. The standard InChI is InChI=1S/C18H30N4O2/c1-14(2)7-6-10-21-18(19-3)22-12-11-20-17(23)15-8-5-9-16(13-15)24-4/h5,8-9,13-14H,6-7,10-12H2,1-4H3,(H,20,23)(H2,19,21,22). The maximum absolute atomic E-state index is 12.1. The molecule has 1 amide bonds. The molecule has 6 heteroatoms. The highest BCUT2D eigenvalue weighted by Gasteiger charge is 2.06. The lowest BCUT2D eigenvalue weighted by molar-refractivity contribution is 0.0954. The van der Waals surface area contributed by atoms with Crippen LogP contribution in [0.1, 0.15) is 37.0 Å². The summed E-state index contributed by atoms with van der Waals surface area (Å²) in [6.45, 7) is 6.46. The first-order valence-corrected chi connectivity index (χ1v) is 8.43. The van der Waals surface area contributed by atoms with Crippen molar-refractivity contribution < 1.29 is 9.53 Å². The van der Waals surface area contributed by atoms with Gasteiger partial charge in [0.1, 0.15) is 5.75 Å². The Morgan fingerprint density at radius 3 is 2.54 bits per heavy atom. The number of amides is 1. The monoisotopic (exact) mass is 334 g/mol. The fourth-order valence-electron chi connectivity index (χ4n) is 2.16. The summed E-state index contributed by atoms with van der Waals surface area (Å²) in [7, 11) is 3.33. The van der Waals surface area contributed by atoms with Gasteiger partial charge in [-0.1, -0.05) is 19.9 Å². The van der Waals surface area contributed by atoms with Crippen LogP contribution >= 0.6 is 0 Å². The van der Waals surface area contributed by atoms with Gasteiger partial charge in [0.15, 0.2) is 5.96 Å². The zero-order valence-corrected chi connectivity index (χ0v) is 15.2. The van der Waals surface area contributed by atoms with E-state index < -0.39 is 0 Å². The molecule has 0 heterocycles. The molecule has 0 unspecified atom stereocenters. The molecule has 0 aliphatic rings. The molecule has 24 heavy (non-hydrogen) atoms. The average Bonchev–Trinajstić information content (AvgIpc) is 2.59. The molecule has 6 nitrogen and oxygen atoms in total. The molecule has 0 spiro atoms. The van der Waals surface area contributed by atoms with Crippen LogP contribution in [0.25, 0.3) is 0 Å². The highest BCUT2D eigenvalue weighted by Crippen LogP contribution is 2.12. The second kappa shape index (κ2) is 11.3. The summed E-state index contributed by atoms with van der Waals surface area (Å²) in [5.74, 6) is 2.03. The molecule has 3 N–H and O–H groups in total. The molecular weight excluding hydrogens is 304 g/mol. The van der Waals surface area contributed by atoms with Crippen molar-refractivity contribution in [3.8, 4) is 5.75 Å². The van der Waals surface area contributed by atoms with Crippen molar-refractivity contribution in [2.75, 3.05) is 33.8 Å². The molecule has 0 aliphatic carbocycles. The highest BCUT2D eigenvalue weighted by molar-refractivity contribution is 5.94. The fraction of sp³-hybridized carbons (Fsp3) is 0.556. The molecule has 134 valence electrons. The van der Waals surface area contributed by atoms with Crippen molar-refractivity contribution in [1.29, 1.82) is 0 Å². The van der Waals surface area contributed by atoms with Gasteiger partial charge in [-0.2, -0.15) is 0 Å². The quantitative estimate of drug-likeness (QED) is 0.367. The van der Waals surface area contributed by atoms with Gasteiger partial charge in [-0.15, -0.1) is 0 Å². The predicted octanol–water partition coefficient (Wildman–Crippen LogP) is 2.03. The van der Waals surface area contributed by atoms with Gasteiger partial charge in [-0.25, -0.2) is 0 Å². The zero-order chi connectivity index (χ0) is 17.8. The van der Waals surface area contributed by atoms with Crippen LogP contribution in [0.15, 0.2) is 29.3 Å². The first-order valence-electron chi connectivity index (χ1n) is 8.43. The number of hydrogen-bond donors (Lipinski definition) is 3. The van der Waals surface area contributed by atoms with Crippen LogP contribution in [0.5, 0.6) is 5.75 Å². The van der Waals surface area contributed by atoms with Gasteiger partial charge in [0.2, 0.25) is 0 Å². The number of aliphatic imine (C=N–C) groups is 1. The van der Waals surface area contributed by atoms with Crippen molar-refractivity contribution >= 4 is 11.9 Å². The normalized spacial score (nSPS) is 11.3. The van der Waals surface area contributed by atoms with Gasteiger partial charge in [0.05, 0.1) is 7.11 Å². The summed E-state index contributed by atoms with van der Waals surface area (Å²) in [6, 6.07) is 7.10. The Morgan fingerprint density at radius 2 is 1.88 bits per heavy atom. The number of ether oxygens (including phenoxy) is 1. The minimum atomic E-state index is -0.115. The third-order valence-electron chi connectivity index (χ3n) is 3.51. The van der Waals surface area contributed by atoms with Gasteiger partial charge in [0, 0.05) is 32.2 Å². The van der Waals surface area contributed by atoms with E-state index in [2.05, 4.69) is 34.8 Å². The molecule has 0 saturated heterocycles. The highest BCUT2D eigenvalue weighted by atomic mass is 16.5. The van der Waals surface area contributed by atoms with E-state index in [-0.39, 0.29) is 5.91 Å². The minimum absolute atomic E-state index is 0.115. The second-order valence-electron chi connectivity index (χ2n) is 5.95. The average molecular weight is 334 g/mol. The van der Waals surface area contributed by atoms with Gasteiger partial charge in [-0.3, -0.25) is 9.79 Å². The van der Waals surface area contributed by atoms with Crippen molar-refractivity contribution in [3.63, 3.8) is 0 Å². The lowest BCUT2D eigenvalue weighted by atomic mass is 10.1. The number of benzene rings is 1. The van der Waals surface area contributed by atoms with Gasteiger partial charge in [0.25, 0.3) is 5.91 Å². The summed E-state index contributed by atoms with van der Waals surface area (Å²) in [5.41, 5.74) is 0.588. The second-order valence-corrected chi connectivity index (χ2v) is 5.95. The Balaban J connectivity index is 2.24. The lowest BCUT2D eigenvalue weighted by Crippen LogP contribution is -2.41. The molecule has 0 saturated carbocycles. The van der Waals surface area contributed by atoms with Gasteiger partial charge >= 0.3 is 0 Å². The number of carbonyl (C=O) groups is 1. The maximum atomic E-state index is 12.1. The largest absolute Gasteiger partial charge is 0.497 e. The van der Waals surface area contributed by atoms with Crippen LogP contribution in [0.2, 0.25) is 0 Å². The van der Waals surface area contributed by atoms with E-state index >= 15 is 0 Å². The molecular formula is C18H30N4O2. The van der Waals surface area contributed by atoms with Crippen LogP contribution in [0, 0.1) is 5.92 Å². The summed E-state index contributed by atoms with van der Waals surface area (Å²) in [5, 5.41) is 9.33. The van der Waals surface area contributed by atoms with Gasteiger partial charge < -0.3 is 20.7 Å². The van der Waals surface area contributed by atoms with E-state index in [1.165, 1.54) is 6.42 Å². The Bertz CT molecular complexity index is 530. The number of nitrogens with one attached hydrogen (secondary N) is 3. The fourth-order valence-corrected chi connectivity index (χ4v) is 2.16. The summed E-state index contributed by atoms with van der Waals surface area (Å²) < 4.78 is 5.12. The van der Waals surface area contributed by atoms with Crippen molar-refractivity contribution in [1.82, 2.24) is 16.0 Å². The lowest BCUT2D eigenvalue weighted by Gasteiger charge is -2.13.